The van der Waals surface area contributed by atoms with Crippen LogP contribution in [0.5, 0.6) is 0 Å². The van der Waals surface area contributed by atoms with E-state index in [-0.39, 0.29) is 32.8 Å². The zero-order chi connectivity index (χ0) is 5.41. The predicted molar refractivity (Wildman–Crippen MR) is 29.8 cm³/mol. The van der Waals surface area contributed by atoms with Gasteiger partial charge in [0.2, 0.25) is 0 Å². The summed E-state index contributed by atoms with van der Waals surface area (Å²) >= 11 is 0. The zero-order valence-corrected chi connectivity index (χ0v) is 6.99. The van der Waals surface area contributed by atoms with E-state index in [4.69, 9.17) is 10.5 Å². The first-order valence-corrected chi connectivity index (χ1v) is 1.45. The summed E-state index contributed by atoms with van der Waals surface area (Å²) in [7, 11) is 0. The minimum absolute atomic E-state index is 0. The SMILES string of the molecule is CC#N.CC#N.Cl.[Pd]. The Balaban J connectivity index is -0.0000000160. The Kier molecular flexibility index (Phi) is 201. The van der Waals surface area contributed by atoms with Crippen molar-refractivity contribution in [2.45, 2.75) is 13.8 Å². The van der Waals surface area contributed by atoms with Crippen molar-refractivity contribution in [1.82, 2.24) is 0 Å². The summed E-state index contributed by atoms with van der Waals surface area (Å²) in [5.74, 6) is 0. The van der Waals surface area contributed by atoms with Gasteiger partial charge in [0.15, 0.2) is 0 Å². The molecular formula is C4H7ClN2Pd. The Morgan fingerprint density at radius 1 is 1.00 bits per heavy atom. The van der Waals surface area contributed by atoms with Gasteiger partial charge in [0, 0.05) is 34.3 Å². The molecule has 0 N–H and O–H groups in total. The summed E-state index contributed by atoms with van der Waals surface area (Å²) in [6, 6.07) is 3.50. The van der Waals surface area contributed by atoms with E-state index < -0.39 is 0 Å². The van der Waals surface area contributed by atoms with Crippen molar-refractivity contribution in [3.05, 3.63) is 0 Å². The zero-order valence-electron chi connectivity index (χ0n) is 4.62. The van der Waals surface area contributed by atoms with Crippen LogP contribution in [0.25, 0.3) is 0 Å². The van der Waals surface area contributed by atoms with Gasteiger partial charge in [-0.2, -0.15) is 10.5 Å². The maximum absolute atomic E-state index is 7.32. The number of nitrogens with zero attached hydrogens (tertiary/aromatic N) is 2. The molecule has 0 fully saturated rings. The summed E-state index contributed by atoms with van der Waals surface area (Å²) in [6.07, 6.45) is 0. The molecule has 0 aliphatic carbocycles. The molecule has 0 aromatic carbocycles. The Morgan fingerprint density at radius 3 is 1.00 bits per heavy atom. The molecule has 0 unspecified atom stereocenters. The monoisotopic (exact) mass is 224 g/mol. The van der Waals surface area contributed by atoms with E-state index in [2.05, 4.69) is 0 Å². The fourth-order valence-electron chi connectivity index (χ4n) is 0. The van der Waals surface area contributed by atoms with Gasteiger partial charge in [-0.3, -0.25) is 0 Å². The summed E-state index contributed by atoms with van der Waals surface area (Å²) in [5.41, 5.74) is 0. The Morgan fingerprint density at radius 2 is 1.00 bits per heavy atom. The van der Waals surface area contributed by atoms with Crippen molar-refractivity contribution >= 4 is 12.4 Å². The molecule has 0 saturated carbocycles. The van der Waals surface area contributed by atoms with Gasteiger partial charge in [-0.25, -0.2) is 0 Å². The predicted octanol–water partition coefficient (Wildman–Crippen LogP) is 1.48. The Hall–Kier alpha value is -0.0677. The largest absolute Gasteiger partial charge is 0.199 e. The molecule has 4 heteroatoms. The molecule has 0 rings (SSSR count). The first-order valence-electron chi connectivity index (χ1n) is 1.45. The van der Waals surface area contributed by atoms with Crippen LogP contribution < -0.4 is 0 Å². The number of hydrogen-bond acceptors (Lipinski definition) is 2. The number of rotatable bonds is 0. The molecule has 0 saturated heterocycles. The van der Waals surface area contributed by atoms with E-state index in [1.54, 1.807) is 12.1 Å². The van der Waals surface area contributed by atoms with Crippen molar-refractivity contribution < 1.29 is 20.4 Å². The van der Waals surface area contributed by atoms with Crippen LogP contribution >= 0.6 is 12.4 Å². The summed E-state index contributed by atoms with van der Waals surface area (Å²) in [6.45, 7) is 2.86. The molecule has 0 spiro atoms. The fourth-order valence-corrected chi connectivity index (χ4v) is 0. The van der Waals surface area contributed by atoms with Crippen LogP contribution in [0.1, 0.15) is 13.8 Å². The molecule has 2 nitrogen and oxygen atoms in total. The van der Waals surface area contributed by atoms with Crippen LogP contribution in [0, 0.1) is 22.7 Å². The van der Waals surface area contributed by atoms with Gasteiger partial charge in [-0.1, -0.05) is 0 Å². The van der Waals surface area contributed by atoms with Gasteiger partial charge < -0.3 is 0 Å². The molecule has 0 atom stereocenters. The van der Waals surface area contributed by atoms with Crippen LogP contribution in [-0.4, -0.2) is 0 Å². The van der Waals surface area contributed by atoms with Crippen LogP contribution in [-0.2, 0) is 20.4 Å². The maximum atomic E-state index is 7.32. The summed E-state index contributed by atoms with van der Waals surface area (Å²) < 4.78 is 0. The van der Waals surface area contributed by atoms with Gasteiger partial charge in [-0.05, 0) is 0 Å². The van der Waals surface area contributed by atoms with E-state index in [1.807, 2.05) is 0 Å². The maximum Gasteiger partial charge on any atom is 0.0587 e. The van der Waals surface area contributed by atoms with Crippen LogP contribution in [0.3, 0.4) is 0 Å². The van der Waals surface area contributed by atoms with Crippen molar-refractivity contribution in [2.24, 2.45) is 0 Å². The third-order valence-electron chi connectivity index (χ3n) is 0. The van der Waals surface area contributed by atoms with Crippen molar-refractivity contribution in [1.29, 1.82) is 10.5 Å². The van der Waals surface area contributed by atoms with Crippen LogP contribution in [0.15, 0.2) is 0 Å². The molecular weight excluding hydrogens is 218 g/mol. The average Bonchev–Trinajstić information content (AvgIpc) is 1.39. The van der Waals surface area contributed by atoms with E-state index in [1.165, 1.54) is 13.8 Å². The van der Waals surface area contributed by atoms with E-state index in [0.29, 0.717) is 0 Å². The molecule has 8 heavy (non-hydrogen) atoms. The third kappa shape index (κ3) is 31500. The molecule has 0 aliphatic rings. The smallest absolute Gasteiger partial charge is 0.0587 e. The van der Waals surface area contributed by atoms with Gasteiger partial charge in [0.25, 0.3) is 0 Å². The molecule has 0 heterocycles. The van der Waals surface area contributed by atoms with Gasteiger partial charge in [0.1, 0.15) is 0 Å². The fraction of sp³-hybridized carbons (Fsp3) is 0.500. The van der Waals surface area contributed by atoms with Crippen molar-refractivity contribution in [3.63, 3.8) is 0 Å². The number of nitriles is 2. The number of halogens is 1. The van der Waals surface area contributed by atoms with E-state index in [9.17, 15) is 0 Å². The molecule has 0 radical (unpaired) electrons. The van der Waals surface area contributed by atoms with Gasteiger partial charge >= 0.3 is 0 Å². The van der Waals surface area contributed by atoms with Crippen LogP contribution in [0.2, 0.25) is 0 Å². The molecule has 50 valence electrons. The Bertz CT molecular complexity index is 69.0. The topological polar surface area (TPSA) is 47.6 Å². The normalized spacial score (nSPS) is 2.00. The summed E-state index contributed by atoms with van der Waals surface area (Å²) in [5, 5.41) is 14.6. The van der Waals surface area contributed by atoms with Crippen LogP contribution in [0.4, 0.5) is 0 Å². The quantitative estimate of drug-likeness (QED) is 0.586. The number of hydrogen-bond donors (Lipinski definition) is 0. The van der Waals surface area contributed by atoms with Crippen molar-refractivity contribution in [2.75, 3.05) is 0 Å². The first kappa shape index (κ1) is 24.7. The molecule has 0 bridgehead atoms. The van der Waals surface area contributed by atoms with E-state index in [0.717, 1.165) is 0 Å². The average molecular weight is 225 g/mol. The molecule has 0 aromatic rings. The second-order valence-electron chi connectivity index (χ2n) is 0.447. The first-order chi connectivity index (χ1) is 2.83. The second-order valence-corrected chi connectivity index (χ2v) is 0.447. The molecule has 0 aromatic heterocycles. The Labute approximate surface area is 69.6 Å². The van der Waals surface area contributed by atoms with E-state index >= 15 is 0 Å². The molecule has 0 aliphatic heterocycles. The molecule has 0 amide bonds. The minimum atomic E-state index is 0. The van der Waals surface area contributed by atoms with Gasteiger partial charge in [0.05, 0.1) is 12.1 Å². The standard InChI is InChI=1S/2C2H3N.ClH.Pd/c2*1-2-3;;/h2*1H3;1H;. The van der Waals surface area contributed by atoms with Crippen molar-refractivity contribution in [3.8, 4) is 12.1 Å². The van der Waals surface area contributed by atoms with Gasteiger partial charge in [-0.15, -0.1) is 12.4 Å². The third-order valence-corrected chi connectivity index (χ3v) is 0. The second kappa shape index (κ2) is 65.3. The summed E-state index contributed by atoms with van der Waals surface area (Å²) in [4.78, 5) is 0. The minimum Gasteiger partial charge on any atom is -0.199 e.